The molecule has 0 spiro atoms. The van der Waals surface area contributed by atoms with Crippen molar-refractivity contribution < 1.29 is 40.2 Å². The molecule has 2 aliphatic heterocycles. The van der Waals surface area contributed by atoms with Crippen molar-refractivity contribution in [3.63, 3.8) is 0 Å². The number of nitrogens with zero attached hydrogens (tertiary/aromatic N) is 7. The van der Waals surface area contributed by atoms with Crippen molar-refractivity contribution in [1.29, 1.82) is 0 Å². The Labute approximate surface area is 322 Å². The van der Waals surface area contributed by atoms with Gasteiger partial charge in [0.05, 0.1) is 54.1 Å². The summed E-state index contributed by atoms with van der Waals surface area (Å²) >= 11 is 0. The standard InChI is InChI=1S/C37H52F3N7O6SSi/c1-25-26(12-11-13-29(25)37(38,39)40)18-32-31(23-53-55(7,8)36(2,3)4)42-35-28(30-21-46(24-41-30)54(48,49)44(5)6)19-33(43-47(32)35)45-15-17-50-27(20-45)22-52-34-14-9-10-16-51-34/h11-13,19,21,24,27,34H,9-10,14-18,20,22-23H2,1-8H3. The van der Waals surface area contributed by atoms with E-state index in [9.17, 15) is 21.6 Å². The van der Waals surface area contributed by atoms with E-state index in [0.717, 1.165) is 33.6 Å². The van der Waals surface area contributed by atoms with Crippen LogP contribution in [0.2, 0.25) is 18.1 Å². The number of hydrogen-bond acceptors (Lipinski definition) is 10. The molecule has 2 aliphatic rings. The van der Waals surface area contributed by atoms with Gasteiger partial charge in [-0.25, -0.2) is 18.5 Å². The van der Waals surface area contributed by atoms with Crippen LogP contribution in [0.4, 0.5) is 19.0 Å². The number of imidazole rings is 2. The Balaban J connectivity index is 1.49. The lowest BCUT2D eigenvalue weighted by atomic mass is 9.98. The molecule has 0 saturated carbocycles. The summed E-state index contributed by atoms with van der Waals surface area (Å²) in [5, 5.41) is 4.98. The number of ether oxygens (including phenoxy) is 3. The van der Waals surface area contributed by atoms with Crippen LogP contribution in [0, 0.1) is 6.92 Å². The number of rotatable bonds is 12. The Morgan fingerprint density at radius 1 is 1.09 bits per heavy atom. The second-order valence-corrected chi connectivity index (χ2v) is 22.8. The van der Waals surface area contributed by atoms with Crippen LogP contribution in [0.15, 0.2) is 36.8 Å². The number of morpholine rings is 1. The molecule has 5 heterocycles. The Bertz CT molecular complexity index is 2090. The van der Waals surface area contributed by atoms with Gasteiger partial charge in [0.15, 0.2) is 26.1 Å². The maximum atomic E-state index is 14.1. The Kier molecular flexibility index (Phi) is 11.9. The molecule has 3 aromatic heterocycles. The third kappa shape index (κ3) is 8.95. The minimum atomic E-state index is -4.53. The summed E-state index contributed by atoms with van der Waals surface area (Å²) in [5.41, 5.74) is 2.14. The van der Waals surface area contributed by atoms with Crippen molar-refractivity contribution in [2.24, 2.45) is 0 Å². The molecule has 2 saturated heterocycles. The monoisotopic (exact) mass is 807 g/mol. The topological polar surface area (TPSA) is 126 Å². The SMILES string of the molecule is Cc1c(Cc2c(CO[Si](C)(C)C(C)(C)C)nc3c(-c4cn(S(=O)(=O)N(C)C)cn4)cc(N4CCOC(COC5CCCCO5)C4)nn23)cccc1C(F)(F)F. The van der Waals surface area contributed by atoms with Crippen molar-refractivity contribution in [1.82, 2.24) is 27.9 Å². The number of benzene rings is 1. The number of aromatic nitrogens is 5. The van der Waals surface area contributed by atoms with Gasteiger partial charge in [-0.1, -0.05) is 32.9 Å². The van der Waals surface area contributed by atoms with Gasteiger partial charge >= 0.3 is 16.4 Å². The van der Waals surface area contributed by atoms with Gasteiger partial charge in [-0.3, -0.25) is 0 Å². The maximum absolute atomic E-state index is 14.1. The predicted octanol–water partition coefficient (Wildman–Crippen LogP) is 6.44. The van der Waals surface area contributed by atoms with Gasteiger partial charge in [-0.05, 0) is 67.6 Å². The summed E-state index contributed by atoms with van der Waals surface area (Å²) in [4.78, 5) is 11.6. The first-order chi connectivity index (χ1) is 25.8. The van der Waals surface area contributed by atoms with Gasteiger partial charge in [0.2, 0.25) is 0 Å². The van der Waals surface area contributed by atoms with Gasteiger partial charge in [0.25, 0.3) is 0 Å². The minimum Gasteiger partial charge on any atom is -0.411 e. The summed E-state index contributed by atoms with van der Waals surface area (Å²) in [7, 11) is -3.34. The summed E-state index contributed by atoms with van der Waals surface area (Å²) in [5.74, 6) is 0.533. The highest BCUT2D eigenvalue weighted by Crippen LogP contribution is 2.39. The van der Waals surface area contributed by atoms with Crippen LogP contribution < -0.4 is 4.90 Å². The van der Waals surface area contributed by atoms with Crippen molar-refractivity contribution in [2.75, 3.05) is 51.9 Å². The molecule has 2 unspecified atom stereocenters. The second-order valence-electron chi connectivity index (χ2n) is 15.9. The quantitative estimate of drug-likeness (QED) is 0.148. The highest BCUT2D eigenvalue weighted by molar-refractivity contribution is 7.87. The Hall–Kier alpha value is -3.39. The van der Waals surface area contributed by atoms with E-state index in [2.05, 4.69) is 43.7 Å². The molecule has 0 radical (unpaired) electrons. The van der Waals surface area contributed by atoms with Crippen LogP contribution in [-0.4, -0.2) is 104 Å². The average molecular weight is 808 g/mol. The zero-order valence-corrected chi connectivity index (χ0v) is 34.6. The van der Waals surface area contributed by atoms with Crippen LogP contribution in [-0.2, 0) is 48.0 Å². The van der Waals surface area contributed by atoms with Gasteiger partial charge in [-0.2, -0.15) is 25.9 Å². The lowest BCUT2D eigenvalue weighted by Crippen LogP contribution is -2.45. The zero-order valence-electron chi connectivity index (χ0n) is 32.8. The molecule has 2 atom stereocenters. The molecule has 6 rings (SSSR count). The molecule has 0 aliphatic carbocycles. The molecule has 0 bridgehead atoms. The molecule has 2 fully saturated rings. The summed E-state index contributed by atoms with van der Waals surface area (Å²) < 4.78 is 96.8. The first kappa shape index (κ1) is 41.2. The number of hydrogen-bond donors (Lipinski definition) is 0. The third-order valence-corrected chi connectivity index (χ3v) is 17.0. The molecule has 4 aromatic rings. The first-order valence-electron chi connectivity index (χ1n) is 18.5. The maximum Gasteiger partial charge on any atom is 0.416 e. The second kappa shape index (κ2) is 15.9. The van der Waals surface area contributed by atoms with E-state index in [1.807, 2.05) is 6.07 Å². The zero-order chi connectivity index (χ0) is 39.9. The predicted molar refractivity (Wildman–Crippen MR) is 205 cm³/mol. The van der Waals surface area contributed by atoms with Crippen molar-refractivity contribution in [3.8, 4) is 11.3 Å². The summed E-state index contributed by atoms with van der Waals surface area (Å²) in [6.45, 7) is 14.5. The minimum absolute atomic E-state index is 0.0768. The molecule has 0 amide bonds. The lowest BCUT2D eigenvalue weighted by Gasteiger charge is -2.36. The van der Waals surface area contributed by atoms with Gasteiger partial charge in [0, 0.05) is 46.4 Å². The van der Waals surface area contributed by atoms with E-state index in [4.69, 9.17) is 28.7 Å². The fraction of sp³-hybridized carbons (Fsp3) is 0.595. The van der Waals surface area contributed by atoms with Gasteiger partial charge < -0.3 is 23.5 Å². The van der Waals surface area contributed by atoms with Crippen LogP contribution >= 0.6 is 0 Å². The smallest absolute Gasteiger partial charge is 0.411 e. The Morgan fingerprint density at radius 3 is 2.53 bits per heavy atom. The van der Waals surface area contributed by atoms with E-state index in [0.29, 0.717) is 72.6 Å². The molecule has 18 heteroatoms. The molecular formula is C37H52F3N7O6SSi. The van der Waals surface area contributed by atoms with Gasteiger partial charge in [0.1, 0.15) is 6.33 Å². The highest BCUT2D eigenvalue weighted by atomic mass is 32.2. The largest absolute Gasteiger partial charge is 0.416 e. The van der Waals surface area contributed by atoms with Crippen LogP contribution in [0.3, 0.4) is 0 Å². The number of alkyl halides is 3. The number of anilines is 1. The fourth-order valence-corrected chi connectivity index (χ4v) is 8.11. The van der Waals surface area contributed by atoms with E-state index in [1.54, 1.807) is 10.6 Å². The third-order valence-electron chi connectivity index (χ3n) is 10.9. The molecule has 1 aromatic carbocycles. The normalized spacial score (nSPS) is 19.2. The van der Waals surface area contributed by atoms with E-state index >= 15 is 0 Å². The fourth-order valence-electron chi connectivity index (χ4n) is 6.41. The van der Waals surface area contributed by atoms with Crippen LogP contribution in [0.5, 0.6) is 0 Å². The first-order valence-corrected chi connectivity index (χ1v) is 22.8. The van der Waals surface area contributed by atoms with Crippen molar-refractivity contribution >= 4 is 30.0 Å². The van der Waals surface area contributed by atoms with Crippen LogP contribution in [0.1, 0.15) is 68.1 Å². The average Bonchev–Trinajstić information content (AvgIpc) is 3.76. The van der Waals surface area contributed by atoms with Crippen LogP contribution in [0.25, 0.3) is 16.9 Å². The molecule has 0 N–H and O–H groups in total. The lowest BCUT2D eigenvalue weighted by molar-refractivity contribution is -0.180. The van der Waals surface area contributed by atoms with E-state index in [-0.39, 0.29) is 36.0 Å². The Morgan fingerprint density at radius 2 is 1.85 bits per heavy atom. The summed E-state index contributed by atoms with van der Waals surface area (Å²) in [6.07, 6.45) is 0.513. The molecule has 55 heavy (non-hydrogen) atoms. The van der Waals surface area contributed by atoms with Crippen molar-refractivity contribution in [3.05, 3.63) is 64.9 Å². The molecular weight excluding hydrogens is 756 g/mol. The van der Waals surface area contributed by atoms with Gasteiger partial charge in [-0.15, -0.1) is 5.10 Å². The molecule has 302 valence electrons. The van der Waals surface area contributed by atoms with E-state index in [1.165, 1.54) is 39.6 Å². The summed E-state index contributed by atoms with van der Waals surface area (Å²) in [6, 6.07) is 6.00. The van der Waals surface area contributed by atoms with E-state index < -0.39 is 30.3 Å². The highest BCUT2D eigenvalue weighted by Gasteiger charge is 2.38. The van der Waals surface area contributed by atoms with Crippen molar-refractivity contribution in [2.45, 2.75) is 96.7 Å². The number of fused-ring (bicyclic) bond motifs is 1. The molecule has 13 nitrogen and oxygen atoms in total. The number of halogens is 3.